The Morgan fingerprint density at radius 2 is 1.90 bits per heavy atom. The number of nitrogens with zero attached hydrogens (tertiary/aromatic N) is 1. The van der Waals surface area contributed by atoms with Crippen LogP contribution in [0.4, 0.5) is 13.2 Å². The monoisotopic (exact) mass is 316 g/mol. The van der Waals surface area contributed by atoms with E-state index in [0.29, 0.717) is 12.6 Å². The molecule has 0 atom stereocenters. The van der Waals surface area contributed by atoms with Crippen LogP contribution >= 0.6 is 11.3 Å². The predicted octanol–water partition coefficient (Wildman–Crippen LogP) is 4.21. The quantitative estimate of drug-likeness (QED) is 0.897. The van der Waals surface area contributed by atoms with Gasteiger partial charge in [0.25, 0.3) is 0 Å². The van der Waals surface area contributed by atoms with Crippen LogP contribution in [0.1, 0.15) is 19.5 Å². The lowest BCUT2D eigenvalue weighted by atomic mass is 10.2. The summed E-state index contributed by atoms with van der Waals surface area (Å²) < 4.78 is 40.1. The van der Waals surface area contributed by atoms with E-state index in [1.807, 2.05) is 19.2 Å². The molecule has 0 amide bonds. The summed E-state index contributed by atoms with van der Waals surface area (Å²) in [6, 6.07) is 6.08. The van der Waals surface area contributed by atoms with Gasteiger partial charge in [0.05, 0.1) is 5.69 Å². The molecule has 0 saturated carbocycles. The minimum atomic E-state index is -4.67. The van der Waals surface area contributed by atoms with Crippen molar-refractivity contribution in [2.24, 2.45) is 0 Å². The Hall–Kier alpha value is -1.60. The van der Waals surface area contributed by atoms with Gasteiger partial charge in [0.15, 0.2) is 0 Å². The van der Waals surface area contributed by atoms with E-state index in [0.717, 1.165) is 16.3 Å². The zero-order chi connectivity index (χ0) is 15.5. The van der Waals surface area contributed by atoms with Crippen LogP contribution in [0.15, 0.2) is 29.6 Å². The van der Waals surface area contributed by atoms with Crippen molar-refractivity contribution in [3.8, 4) is 16.3 Å². The lowest BCUT2D eigenvalue weighted by Gasteiger charge is -2.08. The molecule has 2 aromatic rings. The fourth-order valence-electron chi connectivity index (χ4n) is 1.63. The number of hydrogen-bond acceptors (Lipinski definition) is 4. The molecule has 21 heavy (non-hydrogen) atoms. The van der Waals surface area contributed by atoms with Gasteiger partial charge in [-0.3, -0.25) is 0 Å². The van der Waals surface area contributed by atoms with Crippen molar-refractivity contribution in [2.45, 2.75) is 32.8 Å². The Morgan fingerprint density at radius 1 is 1.24 bits per heavy atom. The van der Waals surface area contributed by atoms with Crippen LogP contribution < -0.4 is 10.1 Å². The van der Waals surface area contributed by atoms with Gasteiger partial charge in [0.1, 0.15) is 10.8 Å². The molecule has 2 rings (SSSR count). The third-order valence-corrected chi connectivity index (χ3v) is 3.52. The van der Waals surface area contributed by atoms with E-state index in [9.17, 15) is 13.2 Å². The van der Waals surface area contributed by atoms with Crippen LogP contribution in [0, 0.1) is 0 Å². The first-order chi connectivity index (χ1) is 9.83. The Labute approximate surface area is 124 Å². The van der Waals surface area contributed by atoms with Gasteiger partial charge in [-0.05, 0) is 24.3 Å². The maximum absolute atomic E-state index is 12.1. The smallest absolute Gasteiger partial charge is 0.406 e. The van der Waals surface area contributed by atoms with Gasteiger partial charge < -0.3 is 10.1 Å². The number of benzene rings is 1. The molecule has 1 aromatic heterocycles. The standard InChI is InChI=1S/C14H15F3N2OS/c1-9(2)18-7-11-8-21-13(19-11)10-3-5-12(6-4-10)20-14(15,16)17/h3-6,8-9,18H,7H2,1-2H3. The maximum atomic E-state index is 12.1. The van der Waals surface area contributed by atoms with Crippen molar-refractivity contribution in [2.75, 3.05) is 0 Å². The number of ether oxygens (including phenoxy) is 1. The molecular weight excluding hydrogens is 301 g/mol. The Kier molecular flexibility index (Phi) is 4.84. The molecule has 0 radical (unpaired) electrons. The lowest BCUT2D eigenvalue weighted by Crippen LogP contribution is -2.21. The molecule has 1 heterocycles. The first-order valence-corrected chi connectivity index (χ1v) is 7.25. The predicted molar refractivity (Wildman–Crippen MR) is 76.2 cm³/mol. The van der Waals surface area contributed by atoms with Crippen LogP contribution in [-0.4, -0.2) is 17.4 Å². The number of nitrogens with one attached hydrogen (secondary N) is 1. The summed E-state index contributed by atoms with van der Waals surface area (Å²) in [4.78, 5) is 4.45. The summed E-state index contributed by atoms with van der Waals surface area (Å²) in [5, 5.41) is 5.97. The Balaban J connectivity index is 2.05. The molecule has 3 nitrogen and oxygen atoms in total. The van der Waals surface area contributed by atoms with Gasteiger partial charge in [-0.25, -0.2) is 4.98 Å². The summed E-state index contributed by atoms with van der Waals surface area (Å²) in [5.74, 6) is -0.232. The first-order valence-electron chi connectivity index (χ1n) is 6.37. The Bertz CT molecular complexity index is 579. The molecule has 0 aliphatic rings. The number of rotatable bonds is 5. The van der Waals surface area contributed by atoms with Crippen LogP contribution in [0.5, 0.6) is 5.75 Å². The van der Waals surface area contributed by atoms with Crippen molar-refractivity contribution in [3.05, 3.63) is 35.3 Å². The molecule has 0 saturated heterocycles. The van der Waals surface area contributed by atoms with Gasteiger partial charge in [0.2, 0.25) is 0 Å². The summed E-state index contributed by atoms with van der Waals surface area (Å²) in [6.45, 7) is 4.77. The zero-order valence-corrected chi connectivity index (χ0v) is 12.4. The molecule has 0 bridgehead atoms. The fraction of sp³-hybridized carbons (Fsp3) is 0.357. The van der Waals surface area contributed by atoms with Gasteiger partial charge >= 0.3 is 6.36 Å². The van der Waals surface area contributed by atoms with Gasteiger partial charge in [0, 0.05) is 23.5 Å². The van der Waals surface area contributed by atoms with Crippen LogP contribution in [0.2, 0.25) is 0 Å². The molecule has 0 spiro atoms. The second-order valence-corrected chi connectivity index (χ2v) is 5.61. The summed E-state index contributed by atoms with van der Waals surface area (Å²) in [7, 11) is 0. The summed E-state index contributed by atoms with van der Waals surface area (Å²) >= 11 is 1.46. The average Bonchev–Trinajstić information content (AvgIpc) is 2.84. The van der Waals surface area contributed by atoms with Crippen molar-refractivity contribution in [1.82, 2.24) is 10.3 Å². The van der Waals surface area contributed by atoms with E-state index in [4.69, 9.17) is 0 Å². The number of aromatic nitrogens is 1. The number of alkyl halides is 3. The average molecular weight is 316 g/mol. The number of halogens is 3. The molecule has 0 fully saturated rings. The second-order valence-electron chi connectivity index (χ2n) is 4.75. The fourth-order valence-corrected chi connectivity index (χ4v) is 2.45. The molecule has 0 unspecified atom stereocenters. The van der Waals surface area contributed by atoms with Gasteiger partial charge in [-0.2, -0.15) is 0 Å². The molecule has 7 heteroatoms. The zero-order valence-electron chi connectivity index (χ0n) is 11.6. The molecule has 0 aliphatic heterocycles. The van der Waals surface area contributed by atoms with Crippen LogP contribution in [0.25, 0.3) is 10.6 Å². The minimum absolute atomic E-state index is 0.232. The second kappa shape index (κ2) is 6.44. The highest BCUT2D eigenvalue weighted by atomic mass is 32.1. The van der Waals surface area contributed by atoms with E-state index < -0.39 is 6.36 Å². The molecule has 1 N–H and O–H groups in total. The maximum Gasteiger partial charge on any atom is 0.573 e. The Morgan fingerprint density at radius 3 is 2.48 bits per heavy atom. The highest BCUT2D eigenvalue weighted by Crippen LogP contribution is 2.28. The molecule has 0 aliphatic carbocycles. The van der Waals surface area contributed by atoms with E-state index in [2.05, 4.69) is 15.0 Å². The van der Waals surface area contributed by atoms with E-state index >= 15 is 0 Å². The largest absolute Gasteiger partial charge is 0.573 e. The van der Waals surface area contributed by atoms with Crippen molar-refractivity contribution >= 4 is 11.3 Å². The lowest BCUT2D eigenvalue weighted by molar-refractivity contribution is -0.274. The van der Waals surface area contributed by atoms with E-state index in [-0.39, 0.29) is 5.75 Å². The van der Waals surface area contributed by atoms with Crippen molar-refractivity contribution in [3.63, 3.8) is 0 Å². The summed E-state index contributed by atoms with van der Waals surface area (Å²) in [6.07, 6.45) is -4.67. The SMILES string of the molecule is CC(C)NCc1csc(-c2ccc(OC(F)(F)F)cc2)n1. The normalized spacial score (nSPS) is 11.9. The van der Waals surface area contributed by atoms with E-state index in [1.54, 1.807) is 12.1 Å². The van der Waals surface area contributed by atoms with Crippen LogP contribution in [0.3, 0.4) is 0 Å². The van der Waals surface area contributed by atoms with Gasteiger partial charge in [-0.1, -0.05) is 13.8 Å². The van der Waals surface area contributed by atoms with Crippen molar-refractivity contribution in [1.29, 1.82) is 0 Å². The third kappa shape index (κ3) is 5.02. The highest BCUT2D eigenvalue weighted by Gasteiger charge is 2.30. The van der Waals surface area contributed by atoms with Crippen LogP contribution in [-0.2, 0) is 6.54 Å². The molecular formula is C14H15F3N2OS. The minimum Gasteiger partial charge on any atom is -0.406 e. The molecule has 114 valence electrons. The van der Waals surface area contributed by atoms with Gasteiger partial charge in [-0.15, -0.1) is 24.5 Å². The topological polar surface area (TPSA) is 34.1 Å². The summed E-state index contributed by atoms with van der Waals surface area (Å²) in [5.41, 5.74) is 1.68. The highest BCUT2D eigenvalue weighted by molar-refractivity contribution is 7.13. The number of hydrogen-bond donors (Lipinski definition) is 1. The molecule has 1 aromatic carbocycles. The number of thiazole rings is 1. The first kappa shape index (κ1) is 15.8. The third-order valence-electron chi connectivity index (χ3n) is 2.58. The van der Waals surface area contributed by atoms with Crippen molar-refractivity contribution < 1.29 is 17.9 Å². The van der Waals surface area contributed by atoms with E-state index in [1.165, 1.54) is 23.5 Å².